The van der Waals surface area contributed by atoms with Crippen LogP contribution in [-0.4, -0.2) is 44.5 Å². The normalized spacial score (nSPS) is 13.6. The van der Waals surface area contributed by atoms with E-state index in [-0.39, 0.29) is 6.03 Å². The molecular weight excluding hydrogens is 250 g/mol. The topological polar surface area (TPSA) is 109 Å². The van der Waals surface area contributed by atoms with Gasteiger partial charge >= 0.3 is 12.0 Å². The van der Waals surface area contributed by atoms with Crippen LogP contribution in [0.15, 0.2) is 6.33 Å². The summed E-state index contributed by atoms with van der Waals surface area (Å²) in [7, 11) is 1.83. The molecule has 1 heterocycles. The van der Waals surface area contributed by atoms with Crippen molar-refractivity contribution in [1.29, 1.82) is 0 Å². The lowest BCUT2D eigenvalue weighted by Crippen LogP contribution is -2.45. The number of carbonyl (C=O) groups is 2. The van der Waals surface area contributed by atoms with Crippen molar-refractivity contribution in [1.82, 2.24) is 25.4 Å². The summed E-state index contributed by atoms with van der Waals surface area (Å²) in [5.41, 5.74) is 0. The number of nitrogens with one attached hydrogen (secondary N) is 2. The van der Waals surface area contributed by atoms with Gasteiger partial charge in [0.25, 0.3) is 0 Å². The third-order valence-electron chi connectivity index (χ3n) is 2.94. The Morgan fingerprint density at radius 1 is 1.47 bits per heavy atom. The van der Waals surface area contributed by atoms with Crippen LogP contribution in [0, 0.1) is 5.92 Å². The maximum absolute atomic E-state index is 11.5. The standard InChI is InChI=1S/C11H19N5O3/c1-7(10(17)18)8(2)14-11(19)12-5-4-9-15-13-6-16(9)3/h6-8H,4-5H2,1-3H3,(H,17,18)(H2,12,14,19). The van der Waals surface area contributed by atoms with Gasteiger partial charge in [-0.25, -0.2) is 4.79 Å². The highest BCUT2D eigenvalue weighted by molar-refractivity contribution is 5.76. The Kier molecular flexibility index (Phi) is 5.28. The van der Waals surface area contributed by atoms with Crippen molar-refractivity contribution in [3.8, 4) is 0 Å². The quantitative estimate of drug-likeness (QED) is 0.660. The molecular formula is C11H19N5O3. The van der Waals surface area contributed by atoms with E-state index < -0.39 is 17.9 Å². The SMILES string of the molecule is CC(NC(=O)NCCc1nncn1C)C(C)C(=O)O. The molecule has 0 spiro atoms. The predicted octanol–water partition coefficient (Wildman–Crippen LogP) is -0.234. The predicted molar refractivity (Wildman–Crippen MR) is 67.5 cm³/mol. The highest BCUT2D eigenvalue weighted by atomic mass is 16.4. The van der Waals surface area contributed by atoms with Crippen LogP contribution in [-0.2, 0) is 18.3 Å². The minimum Gasteiger partial charge on any atom is -0.481 e. The lowest BCUT2D eigenvalue weighted by molar-refractivity contribution is -0.141. The van der Waals surface area contributed by atoms with E-state index in [4.69, 9.17) is 5.11 Å². The van der Waals surface area contributed by atoms with Crippen LogP contribution >= 0.6 is 0 Å². The molecule has 8 nitrogen and oxygen atoms in total. The van der Waals surface area contributed by atoms with Gasteiger partial charge in [0, 0.05) is 26.1 Å². The van der Waals surface area contributed by atoms with E-state index in [1.807, 2.05) is 7.05 Å². The van der Waals surface area contributed by atoms with E-state index in [9.17, 15) is 9.59 Å². The van der Waals surface area contributed by atoms with Gasteiger partial charge in [0.15, 0.2) is 0 Å². The number of hydrogen-bond acceptors (Lipinski definition) is 4. The van der Waals surface area contributed by atoms with Gasteiger partial charge in [-0.1, -0.05) is 0 Å². The summed E-state index contributed by atoms with van der Waals surface area (Å²) in [6.07, 6.45) is 2.15. The molecule has 0 saturated heterocycles. The third kappa shape index (κ3) is 4.57. The van der Waals surface area contributed by atoms with E-state index in [1.54, 1.807) is 24.7 Å². The lowest BCUT2D eigenvalue weighted by atomic mass is 10.0. The Morgan fingerprint density at radius 3 is 2.68 bits per heavy atom. The van der Waals surface area contributed by atoms with E-state index in [0.717, 1.165) is 5.82 Å². The summed E-state index contributed by atoms with van der Waals surface area (Å²) in [6, 6.07) is -0.824. The van der Waals surface area contributed by atoms with Crippen LogP contribution < -0.4 is 10.6 Å². The summed E-state index contributed by atoms with van der Waals surface area (Å²) in [6.45, 7) is 3.61. The maximum atomic E-state index is 11.5. The largest absolute Gasteiger partial charge is 0.481 e. The second-order valence-corrected chi connectivity index (χ2v) is 4.42. The number of carbonyl (C=O) groups excluding carboxylic acids is 1. The summed E-state index contributed by atoms with van der Waals surface area (Å²) in [5.74, 6) is -0.802. The molecule has 1 aromatic rings. The number of urea groups is 1. The molecule has 0 aliphatic rings. The maximum Gasteiger partial charge on any atom is 0.315 e. The number of hydrogen-bond donors (Lipinski definition) is 3. The minimum absolute atomic E-state index is 0.386. The Labute approximate surface area is 111 Å². The Morgan fingerprint density at radius 2 is 2.16 bits per heavy atom. The molecule has 19 heavy (non-hydrogen) atoms. The van der Waals surface area contributed by atoms with Gasteiger partial charge in [0.05, 0.1) is 5.92 Å². The van der Waals surface area contributed by atoms with E-state index in [0.29, 0.717) is 13.0 Å². The second kappa shape index (κ2) is 6.72. The van der Waals surface area contributed by atoms with Crippen LogP contribution in [0.4, 0.5) is 4.79 Å². The summed E-state index contributed by atoms with van der Waals surface area (Å²) < 4.78 is 1.77. The van der Waals surface area contributed by atoms with Crippen LogP contribution in [0.2, 0.25) is 0 Å². The molecule has 0 aromatic carbocycles. The van der Waals surface area contributed by atoms with E-state index >= 15 is 0 Å². The van der Waals surface area contributed by atoms with Gasteiger partial charge in [0.2, 0.25) is 0 Å². The van der Waals surface area contributed by atoms with Gasteiger partial charge in [-0.05, 0) is 13.8 Å². The molecule has 8 heteroatoms. The molecule has 0 aliphatic heterocycles. The van der Waals surface area contributed by atoms with Crippen molar-refractivity contribution in [3.63, 3.8) is 0 Å². The first kappa shape index (κ1) is 14.9. The highest BCUT2D eigenvalue weighted by Crippen LogP contribution is 2.01. The number of nitrogens with zero attached hydrogens (tertiary/aromatic N) is 3. The zero-order valence-electron chi connectivity index (χ0n) is 11.3. The average Bonchev–Trinajstić information content (AvgIpc) is 2.74. The van der Waals surface area contributed by atoms with Crippen LogP contribution in [0.3, 0.4) is 0 Å². The molecule has 1 rings (SSSR count). The fraction of sp³-hybridized carbons (Fsp3) is 0.636. The lowest BCUT2D eigenvalue weighted by Gasteiger charge is -2.18. The molecule has 1 aromatic heterocycles. The molecule has 2 unspecified atom stereocenters. The summed E-state index contributed by atoms with van der Waals surface area (Å²) >= 11 is 0. The average molecular weight is 269 g/mol. The molecule has 0 aliphatic carbocycles. The number of aryl methyl sites for hydroxylation is 1. The monoisotopic (exact) mass is 269 g/mol. The number of carboxylic acid groups (broad SMARTS) is 1. The first-order valence-corrected chi connectivity index (χ1v) is 6.02. The fourth-order valence-corrected chi connectivity index (χ4v) is 1.42. The molecule has 2 amide bonds. The van der Waals surface area contributed by atoms with Gasteiger partial charge in [-0.2, -0.15) is 0 Å². The third-order valence-corrected chi connectivity index (χ3v) is 2.94. The van der Waals surface area contributed by atoms with Crippen LogP contribution in [0.5, 0.6) is 0 Å². The van der Waals surface area contributed by atoms with Crippen LogP contribution in [0.25, 0.3) is 0 Å². The number of amides is 2. The highest BCUT2D eigenvalue weighted by Gasteiger charge is 2.20. The van der Waals surface area contributed by atoms with Gasteiger partial charge in [0.1, 0.15) is 12.2 Å². The van der Waals surface area contributed by atoms with Crippen molar-refractivity contribution >= 4 is 12.0 Å². The van der Waals surface area contributed by atoms with Crippen molar-refractivity contribution < 1.29 is 14.7 Å². The van der Waals surface area contributed by atoms with Crippen molar-refractivity contribution in [3.05, 3.63) is 12.2 Å². The summed E-state index contributed by atoms with van der Waals surface area (Å²) in [4.78, 5) is 22.3. The molecule has 2 atom stereocenters. The minimum atomic E-state index is -0.938. The van der Waals surface area contributed by atoms with Crippen LogP contribution in [0.1, 0.15) is 19.7 Å². The van der Waals surface area contributed by atoms with Gasteiger partial charge in [-0.3, -0.25) is 4.79 Å². The number of rotatable bonds is 6. The Hall–Kier alpha value is -2.12. The van der Waals surface area contributed by atoms with Crippen molar-refractivity contribution in [2.24, 2.45) is 13.0 Å². The van der Waals surface area contributed by atoms with E-state index in [1.165, 1.54) is 0 Å². The molecule has 3 N–H and O–H groups in total. The molecule has 0 saturated carbocycles. The van der Waals surface area contributed by atoms with Crippen molar-refractivity contribution in [2.75, 3.05) is 6.54 Å². The van der Waals surface area contributed by atoms with E-state index in [2.05, 4.69) is 20.8 Å². The Balaban J connectivity index is 2.28. The molecule has 106 valence electrons. The second-order valence-electron chi connectivity index (χ2n) is 4.42. The zero-order chi connectivity index (χ0) is 14.4. The molecule has 0 radical (unpaired) electrons. The molecule has 0 fully saturated rings. The summed E-state index contributed by atoms with van der Waals surface area (Å²) in [5, 5.41) is 21.7. The van der Waals surface area contributed by atoms with Gasteiger partial charge in [-0.15, -0.1) is 10.2 Å². The number of carboxylic acids is 1. The number of aliphatic carboxylic acids is 1. The van der Waals surface area contributed by atoms with Crippen molar-refractivity contribution in [2.45, 2.75) is 26.3 Å². The Bertz CT molecular complexity index is 445. The van der Waals surface area contributed by atoms with Gasteiger partial charge < -0.3 is 20.3 Å². The number of aromatic nitrogens is 3. The first-order valence-electron chi connectivity index (χ1n) is 6.02. The fourth-order valence-electron chi connectivity index (χ4n) is 1.42. The zero-order valence-corrected chi connectivity index (χ0v) is 11.3. The molecule has 0 bridgehead atoms. The smallest absolute Gasteiger partial charge is 0.315 e. The first-order chi connectivity index (χ1) is 8.91.